The van der Waals surface area contributed by atoms with Gasteiger partial charge in [0, 0.05) is 0 Å². The molecule has 0 aromatic carbocycles. The third kappa shape index (κ3) is 7.29. The van der Waals surface area contributed by atoms with Crippen molar-refractivity contribution in [2.75, 3.05) is 0 Å². The zero-order chi connectivity index (χ0) is 36.6. The molecule has 0 radical (unpaired) electrons. The van der Waals surface area contributed by atoms with Crippen LogP contribution in [0.5, 0.6) is 0 Å². The first kappa shape index (κ1) is 36.7. The van der Waals surface area contributed by atoms with Gasteiger partial charge in [0.05, 0.1) is 0 Å². The van der Waals surface area contributed by atoms with Gasteiger partial charge in [-0.15, -0.1) is 0 Å². The van der Waals surface area contributed by atoms with Crippen molar-refractivity contribution in [1.29, 1.82) is 0 Å². The summed E-state index contributed by atoms with van der Waals surface area (Å²) in [7, 11) is 0. The molecular formula is C43H36S9Sn. The van der Waals surface area contributed by atoms with Crippen LogP contribution in [0.15, 0.2) is 91.0 Å². The molecule has 0 spiro atoms. The quantitative estimate of drug-likeness (QED) is 0.127. The average molecular weight is 960 g/mol. The first-order chi connectivity index (χ1) is 25.5. The van der Waals surface area contributed by atoms with Gasteiger partial charge in [-0.25, -0.2) is 0 Å². The molecule has 0 atom stereocenters. The third-order valence-corrected chi connectivity index (χ3v) is 29.1. The number of rotatable bonds is 9. The van der Waals surface area contributed by atoms with Crippen molar-refractivity contribution >= 4 is 123 Å². The molecule has 0 N–H and O–H groups in total. The van der Waals surface area contributed by atoms with Crippen LogP contribution in [0.25, 0.3) is 80.1 Å². The molecule has 0 amide bonds. The summed E-state index contributed by atoms with van der Waals surface area (Å²) in [6, 6.07) is 35.2. The maximum absolute atomic E-state index is 2.57. The maximum atomic E-state index is 2.57. The van der Waals surface area contributed by atoms with Crippen molar-refractivity contribution in [2.24, 2.45) is 0 Å². The molecule has 0 fully saturated rings. The predicted octanol–water partition coefficient (Wildman–Crippen LogP) is 17.4. The van der Waals surface area contributed by atoms with E-state index < -0.39 is 18.4 Å². The Kier molecular flexibility index (Phi) is 10.1. The number of hydrogen-bond acceptors (Lipinski definition) is 9. The van der Waals surface area contributed by atoms with E-state index in [1.165, 1.54) is 99.6 Å². The van der Waals surface area contributed by atoms with Crippen molar-refractivity contribution < 1.29 is 0 Å². The standard InChI is InChI=1S/C40H27S9.3CH3.Sn/c1-21-5-9-29(42-21)26-19-36(48-39(26)34-11-7-23(3)44-34)31-14-13-28(46-31)25-17-18-41-38(25)33-16-15-32(47-33)37-20-27(30-10-6-22(2)43-30)40(49-37)35-12-8-24(4)45-35;;;;/h5-17,19-20H,1-4H3;3*1H3;. The summed E-state index contributed by atoms with van der Waals surface area (Å²) >= 11 is 15.1. The Hall–Kier alpha value is -1.90. The fraction of sp³-hybridized carbons (Fsp3) is 0.163. The fourth-order valence-corrected chi connectivity index (χ4v) is 21.4. The summed E-state index contributed by atoms with van der Waals surface area (Å²) in [5, 5.41) is 0. The van der Waals surface area contributed by atoms with E-state index in [1.54, 1.807) is 2.89 Å². The van der Waals surface area contributed by atoms with Crippen molar-refractivity contribution in [2.45, 2.75) is 42.5 Å². The zero-order valence-electron chi connectivity index (χ0n) is 30.3. The number of thiophene rings is 9. The van der Waals surface area contributed by atoms with Crippen LogP contribution in [-0.2, 0) is 0 Å². The van der Waals surface area contributed by atoms with E-state index in [0.29, 0.717) is 0 Å². The van der Waals surface area contributed by atoms with Gasteiger partial charge in [0.15, 0.2) is 0 Å². The molecule has 0 saturated carbocycles. The molecule has 0 aliphatic rings. The molecule has 0 aliphatic heterocycles. The first-order valence-electron chi connectivity index (χ1n) is 17.4. The summed E-state index contributed by atoms with van der Waals surface area (Å²) in [5.41, 5.74) is 4.15. The van der Waals surface area contributed by atoms with Crippen LogP contribution < -0.4 is 2.89 Å². The molecule has 0 saturated heterocycles. The average Bonchev–Trinajstić information content (AvgIpc) is 3.95. The molecule has 10 heteroatoms. The molecule has 53 heavy (non-hydrogen) atoms. The van der Waals surface area contributed by atoms with E-state index in [-0.39, 0.29) is 0 Å². The van der Waals surface area contributed by atoms with Gasteiger partial charge >= 0.3 is 329 Å². The van der Waals surface area contributed by atoms with Crippen molar-refractivity contribution in [3.8, 4) is 80.1 Å². The van der Waals surface area contributed by atoms with Gasteiger partial charge in [0.1, 0.15) is 0 Å². The molecular weight excluding hydrogens is 924 g/mol. The van der Waals surface area contributed by atoms with Gasteiger partial charge in [0.25, 0.3) is 0 Å². The molecule has 0 nitrogen and oxygen atoms in total. The van der Waals surface area contributed by atoms with Gasteiger partial charge < -0.3 is 0 Å². The van der Waals surface area contributed by atoms with Gasteiger partial charge in [-0.1, -0.05) is 0 Å². The topological polar surface area (TPSA) is 0 Å². The second kappa shape index (κ2) is 14.6. The van der Waals surface area contributed by atoms with Crippen LogP contribution >= 0.6 is 102 Å². The van der Waals surface area contributed by atoms with Crippen molar-refractivity contribution in [3.63, 3.8) is 0 Å². The monoisotopic (exact) mass is 960 g/mol. The Labute approximate surface area is 352 Å². The summed E-state index contributed by atoms with van der Waals surface area (Å²) in [6.45, 7) is 8.84. The second-order valence-corrected chi connectivity index (χ2v) is 40.2. The minimum absolute atomic E-state index is 1.36. The van der Waals surface area contributed by atoms with E-state index in [0.717, 1.165) is 0 Å². The van der Waals surface area contributed by atoms with Crippen molar-refractivity contribution in [1.82, 2.24) is 0 Å². The van der Waals surface area contributed by atoms with E-state index in [2.05, 4.69) is 145 Å². The Balaban J connectivity index is 1.10. The van der Waals surface area contributed by atoms with Gasteiger partial charge in [0.2, 0.25) is 0 Å². The Morgan fingerprint density at radius 2 is 0.623 bits per heavy atom. The van der Waals surface area contributed by atoms with E-state index >= 15 is 0 Å². The SMILES string of the molecule is Cc1ccc(-c2cc(-c3ccc(-c4c[c]([Sn]([CH3])([CH3])[CH3])sc4-c4ccc(-c5cc(-c6ccc(C)s6)c(-c6ccc(C)s6)s5)s4)s3)sc2-c2ccc(C)s2)s1. The molecule has 0 aliphatic carbocycles. The molecule has 9 aromatic rings. The third-order valence-electron chi connectivity index (χ3n) is 9.06. The van der Waals surface area contributed by atoms with Crippen LogP contribution in [0.1, 0.15) is 19.5 Å². The molecule has 9 heterocycles. The van der Waals surface area contributed by atoms with Crippen LogP contribution in [0.2, 0.25) is 14.8 Å². The predicted molar refractivity (Wildman–Crippen MR) is 253 cm³/mol. The Bertz CT molecular complexity index is 2430. The molecule has 266 valence electrons. The zero-order valence-corrected chi connectivity index (χ0v) is 40.5. The van der Waals surface area contributed by atoms with Gasteiger partial charge in [-0.05, 0) is 27.7 Å². The summed E-state index contributed by atoms with van der Waals surface area (Å²) in [5.74, 6) is 0. The van der Waals surface area contributed by atoms with Gasteiger partial charge in [-0.3, -0.25) is 0 Å². The van der Waals surface area contributed by atoms with E-state index in [1.807, 2.05) is 90.7 Å². The second-order valence-electron chi connectivity index (χ2n) is 14.3. The molecule has 0 unspecified atom stereocenters. The van der Waals surface area contributed by atoms with Gasteiger partial charge in [-0.2, -0.15) is 0 Å². The molecule has 9 rings (SSSR count). The summed E-state index contributed by atoms with van der Waals surface area (Å²) in [6.07, 6.45) is 0. The normalized spacial score (nSPS) is 12.1. The number of hydrogen-bond donors (Lipinski definition) is 0. The number of aryl methyl sites for hydroxylation is 4. The Morgan fingerprint density at radius 3 is 1.06 bits per heavy atom. The summed E-state index contributed by atoms with van der Waals surface area (Å²) < 4.78 is 1.64. The van der Waals surface area contributed by atoms with Crippen LogP contribution in [0.4, 0.5) is 0 Å². The fourth-order valence-electron chi connectivity index (χ4n) is 6.36. The van der Waals surface area contributed by atoms with Crippen LogP contribution in [0, 0.1) is 27.7 Å². The Morgan fingerprint density at radius 1 is 0.302 bits per heavy atom. The van der Waals surface area contributed by atoms with Crippen LogP contribution in [-0.4, -0.2) is 18.4 Å². The van der Waals surface area contributed by atoms with Crippen LogP contribution in [0.3, 0.4) is 0 Å². The van der Waals surface area contributed by atoms with Crippen molar-refractivity contribution in [3.05, 3.63) is 111 Å². The molecule has 9 aromatic heterocycles. The minimum atomic E-state index is -2.36. The summed E-state index contributed by atoms with van der Waals surface area (Å²) in [4.78, 5) is 31.0. The van der Waals surface area contributed by atoms with E-state index in [9.17, 15) is 0 Å². The first-order valence-corrected chi connectivity index (χ1v) is 34.7. The van der Waals surface area contributed by atoms with E-state index in [4.69, 9.17) is 0 Å². The molecule has 0 bridgehead atoms.